The van der Waals surface area contributed by atoms with Gasteiger partial charge in [0.15, 0.2) is 0 Å². The Morgan fingerprint density at radius 3 is 2.85 bits per heavy atom. The number of aryl methyl sites for hydroxylation is 1. The lowest BCUT2D eigenvalue weighted by molar-refractivity contribution is 0.415. The number of aromatic nitrogens is 1. The van der Waals surface area contributed by atoms with Crippen LogP contribution in [0.3, 0.4) is 0 Å². The molecule has 0 amide bonds. The Balaban J connectivity index is 1.90. The van der Waals surface area contributed by atoms with E-state index in [4.69, 9.17) is 9.15 Å². The molecule has 2 heterocycles. The molecule has 1 aromatic carbocycles. The predicted octanol–water partition coefficient (Wildman–Crippen LogP) is 3.76. The van der Waals surface area contributed by atoms with Crippen LogP contribution in [0.25, 0.3) is 10.8 Å². The summed E-state index contributed by atoms with van der Waals surface area (Å²) in [5, 5.41) is 5.47. The lowest BCUT2D eigenvalue weighted by atomic mass is 10.1. The van der Waals surface area contributed by atoms with Gasteiger partial charge in [-0.15, -0.1) is 0 Å². The molecule has 0 unspecified atom stereocenters. The van der Waals surface area contributed by atoms with E-state index >= 15 is 0 Å². The van der Waals surface area contributed by atoms with Crippen molar-refractivity contribution in [3.05, 3.63) is 54.1 Å². The molecule has 4 heteroatoms. The van der Waals surface area contributed by atoms with Gasteiger partial charge in [0, 0.05) is 11.6 Å². The van der Waals surface area contributed by atoms with Crippen molar-refractivity contribution in [3.63, 3.8) is 0 Å². The standard InChI is InChI=1S/C16H16N2O2/c1-11-3-5-14(20-11)10-18-16-15-9-13(19-2)6-4-12(15)7-8-17-16/h3-9H,10H2,1-2H3,(H,17,18). The lowest BCUT2D eigenvalue weighted by Crippen LogP contribution is -2.01. The van der Waals surface area contributed by atoms with Gasteiger partial charge >= 0.3 is 0 Å². The summed E-state index contributed by atoms with van der Waals surface area (Å²) in [5.74, 6) is 3.45. The molecule has 0 spiro atoms. The minimum absolute atomic E-state index is 0.608. The summed E-state index contributed by atoms with van der Waals surface area (Å²) in [7, 11) is 1.66. The van der Waals surface area contributed by atoms with Gasteiger partial charge < -0.3 is 14.5 Å². The Kier molecular flexibility index (Phi) is 3.29. The van der Waals surface area contributed by atoms with E-state index in [1.54, 1.807) is 13.3 Å². The van der Waals surface area contributed by atoms with Crippen molar-refractivity contribution >= 4 is 16.6 Å². The summed E-state index contributed by atoms with van der Waals surface area (Å²) in [6, 6.07) is 11.9. The van der Waals surface area contributed by atoms with Gasteiger partial charge in [0.05, 0.1) is 13.7 Å². The molecule has 0 aliphatic rings. The van der Waals surface area contributed by atoms with Crippen LogP contribution < -0.4 is 10.1 Å². The van der Waals surface area contributed by atoms with Crippen LogP contribution in [0, 0.1) is 6.92 Å². The number of benzene rings is 1. The number of methoxy groups -OCH3 is 1. The summed E-state index contributed by atoms with van der Waals surface area (Å²) in [6.45, 7) is 2.54. The SMILES string of the molecule is COc1ccc2ccnc(NCc3ccc(C)o3)c2c1. The van der Waals surface area contributed by atoms with Gasteiger partial charge in [-0.1, -0.05) is 6.07 Å². The number of hydrogen-bond donors (Lipinski definition) is 1. The molecular weight excluding hydrogens is 252 g/mol. The van der Waals surface area contributed by atoms with Crippen molar-refractivity contribution in [2.45, 2.75) is 13.5 Å². The zero-order valence-corrected chi connectivity index (χ0v) is 11.5. The van der Waals surface area contributed by atoms with Gasteiger partial charge in [0.1, 0.15) is 23.1 Å². The van der Waals surface area contributed by atoms with Crippen LogP contribution in [0.5, 0.6) is 5.75 Å². The van der Waals surface area contributed by atoms with Crippen molar-refractivity contribution in [1.82, 2.24) is 4.98 Å². The quantitative estimate of drug-likeness (QED) is 0.782. The third kappa shape index (κ3) is 2.45. The zero-order chi connectivity index (χ0) is 13.9. The van der Waals surface area contributed by atoms with Gasteiger partial charge in [0.2, 0.25) is 0 Å². The zero-order valence-electron chi connectivity index (χ0n) is 11.5. The predicted molar refractivity (Wildman–Crippen MR) is 79.1 cm³/mol. The fraction of sp³-hybridized carbons (Fsp3) is 0.188. The van der Waals surface area contributed by atoms with Gasteiger partial charge in [0.25, 0.3) is 0 Å². The molecule has 0 saturated heterocycles. The van der Waals surface area contributed by atoms with Crippen LogP contribution in [-0.2, 0) is 6.54 Å². The van der Waals surface area contributed by atoms with E-state index in [0.717, 1.165) is 33.9 Å². The molecule has 0 fully saturated rings. The number of fused-ring (bicyclic) bond motifs is 1. The second kappa shape index (κ2) is 5.25. The summed E-state index contributed by atoms with van der Waals surface area (Å²) in [4.78, 5) is 4.40. The number of anilines is 1. The van der Waals surface area contributed by atoms with E-state index in [-0.39, 0.29) is 0 Å². The van der Waals surface area contributed by atoms with Crippen molar-refractivity contribution in [2.24, 2.45) is 0 Å². The van der Waals surface area contributed by atoms with Crippen LogP contribution in [0.2, 0.25) is 0 Å². The lowest BCUT2D eigenvalue weighted by Gasteiger charge is -2.09. The molecule has 2 aromatic heterocycles. The van der Waals surface area contributed by atoms with Crippen LogP contribution in [-0.4, -0.2) is 12.1 Å². The highest BCUT2D eigenvalue weighted by molar-refractivity contribution is 5.92. The fourth-order valence-electron chi connectivity index (χ4n) is 2.17. The Morgan fingerprint density at radius 2 is 2.10 bits per heavy atom. The molecular formula is C16H16N2O2. The molecule has 0 aliphatic carbocycles. The molecule has 3 rings (SSSR count). The first-order valence-electron chi connectivity index (χ1n) is 6.48. The van der Waals surface area contributed by atoms with Gasteiger partial charge in [-0.3, -0.25) is 0 Å². The Bertz CT molecular complexity index is 734. The number of nitrogens with zero attached hydrogens (tertiary/aromatic N) is 1. The van der Waals surface area contributed by atoms with Crippen LogP contribution >= 0.6 is 0 Å². The van der Waals surface area contributed by atoms with Gasteiger partial charge in [-0.25, -0.2) is 4.98 Å². The monoisotopic (exact) mass is 268 g/mol. The van der Waals surface area contributed by atoms with Crippen molar-refractivity contribution in [2.75, 3.05) is 12.4 Å². The smallest absolute Gasteiger partial charge is 0.134 e. The first kappa shape index (κ1) is 12.5. The van der Waals surface area contributed by atoms with Crippen LogP contribution in [0.1, 0.15) is 11.5 Å². The first-order chi connectivity index (χ1) is 9.76. The Hall–Kier alpha value is -2.49. The van der Waals surface area contributed by atoms with E-state index in [0.29, 0.717) is 6.54 Å². The summed E-state index contributed by atoms with van der Waals surface area (Å²) in [5.41, 5.74) is 0. The number of furan rings is 1. The second-order valence-corrected chi connectivity index (χ2v) is 4.61. The number of nitrogens with one attached hydrogen (secondary N) is 1. The van der Waals surface area contributed by atoms with Crippen LogP contribution in [0.15, 0.2) is 47.0 Å². The average Bonchev–Trinajstić information content (AvgIpc) is 2.90. The van der Waals surface area contributed by atoms with Gasteiger partial charge in [-0.2, -0.15) is 0 Å². The van der Waals surface area contributed by atoms with E-state index in [1.807, 2.05) is 43.3 Å². The highest BCUT2D eigenvalue weighted by atomic mass is 16.5. The molecule has 0 saturated carbocycles. The van der Waals surface area contributed by atoms with E-state index in [9.17, 15) is 0 Å². The van der Waals surface area contributed by atoms with E-state index < -0.39 is 0 Å². The normalized spacial score (nSPS) is 10.7. The van der Waals surface area contributed by atoms with E-state index in [1.165, 1.54) is 0 Å². The van der Waals surface area contributed by atoms with Crippen molar-refractivity contribution in [3.8, 4) is 5.75 Å². The maximum absolute atomic E-state index is 5.55. The molecule has 1 N–H and O–H groups in total. The Morgan fingerprint density at radius 1 is 1.20 bits per heavy atom. The minimum atomic E-state index is 0.608. The van der Waals surface area contributed by atoms with Crippen LogP contribution in [0.4, 0.5) is 5.82 Å². The van der Waals surface area contributed by atoms with Gasteiger partial charge in [-0.05, 0) is 42.6 Å². The molecule has 20 heavy (non-hydrogen) atoms. The van der Waals surface area contributed by atoms with Crippen molar-refractivity contribution in [1.29, 1.82) is 0 Å². The third-order valence-electron chi connectivity index (χ3n) is 3.20. The Labute approximate surface area is 117 Å². The number of pyridine rings is 1. The summed E-state index contributed by atoms with van der Waals surface area (Å²) < 4.78 is 10.8. The number of ether oxygens (including phenoxy) is 1. The molecule has 102 valence electrons. The average molecular weight is 268 g/mol. The first-order valence-corrected chi connectivity index (χ1v) is 6.48. The molecule has 3 aromatic rings. The second-order valence-electron chi connectivity index (χ2n) is 4.61. The highest BCUT2D eigenvalue weighted by Gasteiger charge is 2.05. The fourth-order valence-corrected chi connectivity index (χ4v) is 2.17. The topological polar surface area (TPSA) is 47.3 Å². The molecule has 0 bridgehead atoms. The number of hydrogen-bond acceptors (Lipinski definition) is 4. The maximum Gasteiger partial charge on any atom is 0.134 e. The summed E-state index contributed by atoms with van der Waals surface area (Å²) in [6.07, 6.45) is 1.80. The number of rotatable bonds is 4. The van der Waals surface area contributed by atoms with Crippen molar-refractivity contribution < 1.29 is 9.15 Å². The van der Waals surface area contributed by atoms with E-state index in [2.05, 4.69) is 10.3 Å². The minimum Gasteiger partial charge on any atom is -0.497 e. The third-order valence-corrected chi connectivity index (χ3v) is 3.20. The molecule has 0 atom stereocenters. The summed E-state index contributed by atoms with van der Waals surface area (Å²) >= 11 is 0. The maximum atomic E-state index is 5.55. The highest BCUT2D eigenvalue weighted by Crippen LogP contribution is 2.26. The molecule has 0 radical (unpaired) electrons. The molecule has 4 nitrogen and oxygen atoms in total. The largest absolute Gasteiger partial charge is 0.497 e. The molecule has 0 aliphatic heterocycles.